The lowest BCUT2D eigenvalue weighted by atomic mass is 10.1. The summed E-state index contributed by atoms with van der Waals surface area (Å²) in [6, 6.07) is 11.2. The number of carbonyl (C=O) groups excluding carboxylic acids is 1. The maximum Gasteiger partial charge on any atom is 0.175 e. The number of hydrogen-bond acceptors (Lipinski definition) is 3. The minimum Gasteiger partial charge on any atom is -0.293 e. The molecule has 0 aliphatic rings. The Morgan fingerprint density at radius 1 is 1.22 bits per heavy atom. The highest BCUT2D eigenvalue weighted by molar-refractivity contribution is 8.00. The smallest absolute Gasteiger partial charge is 0.175 e. The van der Waals surface area contributed by atoms with Crippen LogP contribution in [0.5, 0.6) is 0 Å². The Kier molecular flexibility index (Phi) is 4.10. The molecule has 2 aromatic rings. The van der Waals surface area contributed by atoms with Crippen LogP contribution in [0.1, 0.15) is 17.3 Å². The van der Waals surface area contributed by atoms with E-state index >= 15 is 0 Å². The van der Waals surface area contributed by atoms with Crippen molar-refractivity contribution in [2.45, 2.75) is 17.2 Å². The maximum atomic E-state index is 12.8. The molecule has 0 saturated heterocycles. The summed E-state index contributed by atoms with van der Waals surface area (Å²) in [4.78, 5) is 16.2. The number of aromatic nitrogens is 1. The van der Waals surface area contributed by atoms with Crippen molar-refractivity contribution in [3.63, 3.8) is 0 Å². The summed E-state index contributed by atoms with van der Waals surface area (Å²) in [6.07, 6.45) is 1.69. The minimum absolute atomic E-state index is 0.0225. The van der Waals surface area contributed by atoms with Crippen LogP contribution in [0.25, 0.3) is 0 Å². The molecule has 18 heavy (non-hydrogen) atoms. The molecule has 1 aromatic heterocycles. The highest BCUT2D eigenvalue weighted by Crippen LogP contribution is 2.23. The zero-order valence-electron chi connectivity index (χ0n) is 9.84. The third-order valence-electron chi connectivity index (χ3n) is 2.43. The summed E-state index contributed by atoms with van der Waals surface area (Å²) in [5.74, 6) is -0.359. The molecule has 0 radical (unpaired) electrons. The fourth-order valence-electron chi connectivity index (χ4n) is 1.50. The summed E-state index contributed by atoms with van der Waals surface area (Å²) in [5.41, 5.74) is 0.521. The van der Waals surface area contributed by atoms with E-state index in [-0.39, 0.29) is 16.9 Å². The van der Waals surface area contributed by atoms with Gasteiger partial charge in [0, 0.05) is 11.8 Å². The Morgan fingerprint density at radius 3 is 2.56 bits per heavy atom. The molecule has 0 N–H and O–H groups in total. The van der Waals surface area contributed by atoms with Crippen LogP contribution in [0.15, 0.2) is 53.7 Å². The molecule has 1 aromatic carbocycles. The fraction of sp³-hybridized carbons (Fsp3) is 0.143. The van der Waals surface area contributed by atoms with Gasteiger partial charge in [0.1, 0.15) is 5.82 Å². The van der Waals surface area contributed by atoms with Crippen LogP contribution < -0.4 is 0 Å². The van der Waals surface area contributed by atoms with Crippen LogP contribution in [0, 0.1) is 5.82 Å². The molecule has 0 saturated carbocycles. The van der Waals surface area contributed by atoms with Gasteiger partial charge in [-0.3, -0.25) is 4.79 Å². The van der Waals surface area contributed by atoms with Crippen molar-refractivity contribution < 1.29 is 9.18 Å². The Balaban J connectivity index is 2.07. The van der Waals surface area contributed by atoms with Gasteiger partial charge in [0.2, 0.25) is 0 Å². The fourth-order valence-corrected chi connectivity index (χ4v) is 2.38. The summed E-state index contributed by atoms with van der Waals surface area (Å²) >= 11 is 1.40. The molecule has 0 spiro atoms. The molecule has 4 heteroatoms. The van der Waals surface area contributed by atoms with Crippen molar-refractivity contribution >= 4 is 17.5 Å². The second-order valence-corrected chi connectivity index (χ2v) is 5.16. The Labute approximate surface area is 109 Å². The first-order chi connectivity index (χ1) is 8.66. The molecule has 0 amide bonds. The normalized spacial score (nSPS) is 12.1. The number of Topliss-reactive ketones (excluding diaryl/α,β-unsaturated/α-hetero) is 1. The second-order valence-electron chi connectivity index (χ2n) is 3.80. The topological polar surface area (TPSA) is 30.0 Å². The summed E-state index contributed by atoms with van der Waals surface area (Å²) in [5, 5.41) is 0.561. The minimum atomic E-state index is -0.336. The van der Waals surface area contributed by atoms with Crippen LogP contribution in [0.2, 0.25) is 0 Å². The van der Waals surface area contributed by atoms with E-state index in [1.165, 1.54) is 36.0 Å². The molecule has 0 aliphatic heterocycles. The molecule has 0 aliphatic carbocycles. The Bertz CT molecular complexity index is 527. The van der Waals surface area contributed by atoms with Gasteiger partial charge in [-0.15, -0.1) is 0 Å². The number of thioether (sulfide) groups is 1. The van der Waals surface area contributed by atoms with Gasteiger partial charge in [0.05, 0.1) is 10.3 Å². The number of rotatable bonds is 4. The SMILES string of the molecule is CC(Sc1ccccn1)C(=O)c1ccc(F)cc1. The van der Waals surface area contributed by atoms with Crippen LogP contribution in [-0.4, -0.2) is 16.0 Å². The van der Waals surface area contributed by atoms with E-state index in [0.717, 1.165) is 5.03 Å². The van der Waals surface area contributed by atoms with Gasteiger partial charge >= 0.3 is 0 Å². The Hall–Kier alpha value is -1.68. The van der Waals surface area contributed by atoms with Crippen LogP contribution in [0.3, 0.4) is 0 Å². The van der Waals surface area contributed by atoms with E-state index in [2.05, 4.69) is 4.98 Å². The monoisotopic (exact) mass is 261 g/mol. The van der Waals surface area contributed by atoms with Crippen LogP contribution >= 0.6 is 11.8 Å². The third kappa shape index (κ3) is 3.17. The largest absolute Gasteiger partial charge is 0.293 e. The van der Waals surface area contributed by atoms with Crippen molar-refractivity contribution in [1.29, 1.82) is 0 Å². The number of carbonyl (C=O) groups is 1. The lowest BCUT2D eigenvalue weighted by Crippen LogP contribution is -2.13. The molecular formula is C14H12FNOS. The van der Waals surface area contributed by atoms with Gasteiger partial charge in [-0.05, 0) is 43.3 Å². The lowest BCUT2D eigenvalue weighted by Gasteiger charge is -2.09. The molecule has 2 rings (SSSR count). The molecule has 0 bridgehead atoms. The van der Waals surface area contributed by atoms with Gasteiger partial charge in [-0.1, -0.05) is 17.8 Å². The average Bonchev–Trinajstić information content (AvgIpc) is 2.40. The number of ketones is 1. The van der Waals surface area contributed by atoms with E-state index in [1.807, 2.05) is 25.1 Å². The Morgan fingerprint density at radius 2 is 1.94 bits per heavy atom. The van der Waals surface area contributed by atoms with Crippen molar-refractivity contribution in [2.24, 2.45) is 0 Å². The van der Waals surface area contributed by atoms with Crippen molar-refractivity contribution in [3.05, 3.63) is 60.0 Å². The molecule has 92 valence electrons. The molecule has 1 atom stereocenters. The number of halogens is 1. The predicted octanol–water partition coefficient (Wildman–Crippen LogP) is 3.58. The van der Waals surface area contributed by atoms with Gasteiger partial charge in [0.25, 0.3) is 0 Å². The third-order valence-corrected chi connectivity index (χ3v) is 3.48. The van der Waals surface area contributed by atoms with Crippen molar-refractivity contribution in [3.8, 4) is 0 Å². The van der Waals surface area contributed by atoms with Crippen molar-refractivity contribution in [1.82, 2.24) is 4.98 Å². The highest BCUT2D eigenvalue weighted by Gasteiger charge is 2.16. The first kappa shape index (κ1) is 12.8. The molecule has 2 nitrogen and oxygen atoms in total. The van der Waals surface area contributed by atoms with E-state index < -0.39 is 0 Å². The predicted molar refractivity (Wildman–Crippen MR) is 70.3 cm³/mol. The van der Waals surface area contributed by atoms with Gasteiger partial charge in [-0.2, -0.15) is 0 Å². The van der Waals surface area contributed by atoms with E-state index in [4.69, 9.17) is 0 Å². The van der Waals surface area contributed by atoms with Crippen LogP contribution in [-0.2, 0) is 0 Å². The zero-order valence-corrected chi connectivity index (χ0v) is 10.7. The number of benzene rings is 1. The van der Waals surface area contributed by atoms with Gasteiger partial charge < -0.3 is 0 Å². The first-order valence-electron chi connectivity index (χ1n) is 5.54. The summed E-state index contributed by atoms with van der Waals surface area (Å²) in [7, 11) is 0. The second kappa shape index (κ2) is 5.78. The molecular weight excluding hydrogens is 249 g/mol. The molecule has 1 unspecified atom stereocenters. The number of nitrogens with zero attached hydrogens (tertiary/aromatic N) is 1. The standard InChI is InChI=1S/C14H12FNOS/c1-10(18-13-4-2-3-9-16-13)14(17)11-5-7-12(15)8-6-11/h2-10H,1H3. The first-order valence-corrected chi connectivity index (χ1v) is 6.42. The van der Waals surface area contributed by atoms with E-state index in [0.29, 0.717) is 5.56 Å². The van der Waals surface area contributed by atoms with E-state index in [9.17, 15) is 9.18 Å². The highest BCUT2D eigenvalue weighted by atomic mass is 32.2. The summed E-state index contributed by atoms with van der Waals surface area (Å²) < 4.78 is 12.8. The van der Waals surface area contributed by atoms with Crippen molar-refractivity contribution in [2.75, 3.05) is 0 Å². The maximum absolute atomic E-state index is 12.8. The molecule has 0 fully saturated rings. The quantitative estimate of drug-likeness (QED) is 0.622. The number of hydrogen-bond donors (Lipinski definition) is 0. The van der Waals surface area contributed by atoms with Crippen LogP contribution in [0.4, 0.5) is 4.39 Å². The zero-order chi connectivity index (χ0) is 13.0. The van der Waals surface area contributed by atoms with Gasteiger partial charge in [0.15, 0.2) is 5.78 Å². The average molecular weight is 261 g/mol. The number of pyridine rings is 1. The lowest BCUT2D eigenvalue weighted by molar-refractivity contribution is 0.0994. The molecule has 1 heterocycles. The van der Waals surface area contributed by atoms with E-state index in [1.54, 1.807) is 6.20 Å². The van der Waals surface area contributed by atoms with Gasteiger partial charge in [-0.25, -0.2) is 9.37 Å². The summed E-state index contributed by atoms with van der Waals surface area (Å²) in [6.45, 7) is 1.82.